The lowest BCUT2D eigenvalue weighted by Gasteiger charge is -2.12. The number of nitrogens with zero attached hydrogens (tertiary/aromatic N) is 2. The summed E-state index contributed by atoms with van der Waals surface area (Å²) in [6.07, 6.45) is 0.455. The van der Waals surface area contributed by atoms with Crippen molar-refractivity contribution in [3.63, 3.8) is 0 Å². The molecule has 0 spiro atoms. The second-order valence-corrected chi connectivity index (χ2v) is 5.69. The van der Waals surface area contributed by atoms with Crippen LogP contribution in [0.15, 0.2) is 51.9 Å². The second kappa shape index (κ2) is 7.65. The molecule has 2 N–H and O–H groups in total. The quantitative estimate of drug-likeness (QED) is 0.659. The average Bonchev–Trinajstić information content (AvgIpc) is 3.06. The Labute approximate surface area is 153 Å². The first-order valence-corrected chi connectivity index (χ1v) is 8.04. The Morgan fingerprint density at radius 3 is 2.70 bits per heavy atom. The van der Waals surface area contributed by atoms with E-state index in [2.05, 4.69) is 20.4 Å². The Hall–Kier alpha value is -3.75. The maximum Gasteiger partial charge on any atom is 0.344 e. The number of hydrogen-bond donors (Lipinski definition) is 2. The van der Waals surface area contributed by atoms with Gasteiger partial charge in [0.1, 0.15) is 11.3 Å². The van der Waals surface area contributed by atoms with Crippen LogP contribution in [0.4, 0.5) is 5.82 Å². The number of ether oxygens (including phenoxy) is 1. The average molecular weight is 368 g/mol. The van der Waals surface area contributed by atoms with Crippen molar-refractivity contribution in [2.24, 2.45) is 0 Å². The van der Waals surface area contributed by atoms with E-state index in [1.165, 1.54) is 19.1 Å². The zero-order chi connectivity index (χ0) is 19.4. The van der Waals surface area contributed by atoms with Crippen LogP contribution in [0.2, 0.25) is 0 Å². The fourth-order valence-corrected chi connectivity index (χ4v) is 2.24. The van der Waals surface area contributed by atoms with Crippen LogP contribution in [0.25, 0.3) is 11.4 Å². The van der Waals surface area contributed by atoms with Gasteiger partial charge in [-0.3, -0.25) is 14.6 Å². The molecule has 0 unspecified atom stereocenters. The molecule has 9 heteroatoms. The predicted molar refractivity (Wildman–Crippen MR) is 95.0 cm³/mol. The number of aryl methyl sites for hydroxylation is 1. The summed E-state index contributed by atoms with van der Waals surface area (Å²) < 4.78 is 9.89. The standard InChI is InChI=1S/C18H16N4O5/c1-10-9-15(22-27-10)21-16(23)11(2)26-18(25)12-6-7-14(20-17(12)24)13-5-3-4-8-19-13/h3-9,11H,1-2H3,(H,20,24)(H,21,22,23)/t11-/m1/s1. The van der Waals surface area contributed by atoms with Crippen molar-refractivity contribution in [2.45, 2.75) is 20.0 Å². The topological polar surface area (TPSA) is 127 Å². The van der Waals surface area contributed by atoms with Crippen LogP contribution in [0.5, 0.6) is 0 Å². The number of carbonyl (C=O) groups is 2. The number of esters is 1. The van der Waals surface area contributed by atoms with Crippen LogP contribution in [0.1, 0.15) is 23.0 Å². The van der Waals surface area contributed by atoms with Gasteiger partial charge in [-0.2, -0.15) is 0 Å². The molecule has 3 aromatic rings. The Bertz CT molecular complexity index is 1030. The number of aromatic amines is 1. The molecule has 0 bridgehead atoms. The highest BCUT2D eigenvalue weighted by Crippen LogP contribution is 2.13. The number of pyridine rings is 2. The van der Waals surface area contributed by atoms with Crippen LogP contribution in [-0.4, -0.2) is 33.1 Å². The maximum absolute atomic E-state index is 12.2. The number of rotatable bonds is 5. The number of hydrogen-bond acceptors (Lipinski definition) is 7. The van der Waals surface area contributed by atoms with Crippen molar-refractivity contribution in [1.29, 1.82) is 0 Å². The van der Waals surface area contributed by atoms with Gasteiger partial charge in [0.15, 0.2) is 11.9 Å². The molecular formula is C18H16N4O5. The van der Waals surface area contributed by atoms with Crippen molar-refractivity contribution in [1.82, 2.24) is 15.1 Å². The summed E-state index contributed by atoms with van der Waals surface area (Å²) in [5.41, 5.74) is 0.170. The number of nitrogens with one attached hydrogen (secondary N) is 2. The molecule has 3 heterocycles. The highest BCUT2D eigenvalue weighted by atomic mass is 16.5. The van der Waals surface area contributed by atoms with E-state index >= 15 is 0 Å². The molecule has 3 aromatic heterocycles. The summed E-state index contributed by atoms with van der Waals surface area (Å²) in [5, 5.41) is 6.07. The Morgan fingerprint density at radius 1 is 1.26 bits per heavy atom. The van der Waals surface area contributed by atoms with Crippen molar-refractivity contribution in [3.05, 3.63) is 64.3 Å². The van der Waals surface area contributed by atoms with E-state index in [9.17, 15) is 14.4 Å². The third-order valence-corrected chi connectivity index (χ3v) is 3.60. The van der Waals surface area contributed by atoms with E-state index in [4.69, 9.17) is 9.26 Å². The zero-order valence-electron chi connectivity index (χ0n) is 14.6. The lowest BCUT2D eigenvalue weighted by molar-refractivity contribution is -0.123. The minimum absolute atomic E-state index is 0.206. The van der Waals surface area contributed by atoms with E-state index in [1.807, 2.05) is 0 Å². The number of amides is 1. The number of carbonyl (C=O) groups excluding carboxylic acids is 2. The van der Waals surface area contributed by atoms with Crippen molar-refractivity contribution in [2.75, 3.05) is 5.32 Å². The largest absolute Gasteiger partial charge is 0.449 e. The van der Waals surface area contributed by atoms with Gasteiger partial charge < -0.3 is 19.6 Å². The van der Waals surface area contributed by atoms with Gasteiger partial charge in [0.2, 0.25) is 0 Å². The van der Waals surface area contributed by atoms with Gasteiger partial charge in [-0.1, -0.05) is 11.2 Å². The molecule has 138 valence electrons. The Balaban J connectivity index is 1.68. The fraction of sp³-hybridized carbons (Fsp3) is 0.167. The molecule has 0 radical (unpaired) electrons. The highest BCUT2D eigenvalue weighted by molar-refractivity contribution is 5.96. The van der Waals surface area contributed by atoms with Gasteiger partial charge in [0, 0.05) is 12.3 Å². The predicted octanol–water partition coefficient (Wildman–Crippen LogP) is 1.92. The summed E-state index contributed by atoms with van der Waals surface area (Å²) in [6.45, 7) is 3.06. The van der Waals surface area contributed by atoms with Gasteiger partial charge in [0.25, 0.3) is 11.5 Å². The minimum atomic E-state index is -1.13. The third-order valence-electron chi connectivity index (χ3n) is 3.60. The molecule has 9 nitrogen and oxygen atoms in total. The van der Waals surface area contributed by atoms with Crippen molar-refractivity contribution < 1.29 is 18.8 Å². The van der Waals surface area contributed by atoms with Crippen LogP contribution in [0, 0.1) is 6.92 Å². The molecule has 3 rings (SSSR count). The van der Waals surface area contributed by atoms with Gasteiger partial charge in [-0.15, -0.1) is 0 Å². The summed E-state index contributed by atoms with van der Waals surface area (Å²) in [7, 11) is 0. The summed E-state index contributed by atoms with van der Waals surface area (Å²) >= 11 is 0. The molecule has 0 saturated carbocycles. The third kappa shape index (κ3) is 4.27. The molecular weight excluding hydrogens is 352 g/mol. The first kappa shape index (κ1) is 18.1. The van der Waals surface area contributed by atoms with Crippen molar-refractivity contribution >= 4 is 17.7 Å². The van der Waals surface area contributed by atoms with Crippen LogP contribution < -0.4 is 10.9 Å². The second-order valence-electron chi connectivity index (χ2n) is 5.69. The molecule has 0 aliphatic carbocycles. The molecule has 0 aromatic carbocycles. The molecule has 0 aliphatic heterocycles. The monoisotopic (exact) mass is 368 g/mol. The molecule has 27 heavy (non-hydrogen) atoms. The van der Waals surface area contributed by atoms with Gasteiger partial charge in [0.05, 0.1) is 11.4 Å². The summed E-state index contributed by atoms with van der Waals surface area (Å²) in [5.74, 6) is -0.784. The van der Waals surface area contributed by atoms with E-state index in [0.717, 1.165) is 0 Å². The SMILES string of the molecule is Cc1cc(NC(=O)[C@@H](C)OC(=O)c2ccc(-c3ccccn3)[nH]c2=O)no1. The molecule has 0 saturated heterocycles. The minimum Gasteiger partial charge on any atom is -0.449 e. The number of aromatic nitrogens is 3. The van der Waals surface area contributed by atoms with Crippen molar-refractivity contribution in [3.8, 4) is 11.4 Å². The maximum atomic E-state index is 12.2. The molecule has 0 fully saturated rings. The van der Waals surface area contributed by atoms with Crippen LogP contribution >= 0.6 is 0 Å². The van der Waals surface area contributed by atoms with Gasteiger partial charge >= 0.3 is 5.97 Å². The molecule has 0 aliphatic rings. The lowest BCUT2D eigenvalue weighted by atomic mass is 10.2. The smallest absolute Gasteiger partial charge is 0.344 e. The lowest BCUT2D eigenvalue weighted by Crippen LogP contribution is -2.31. The summed E-state index contributed by atoms with van der Waals surface area (Å²) in [6, 6.07) is 9.65. The van der Waals surface area contributed by atoms with Gasteiger partial charge in [-0.05, 0) is 38.1 Å². The highest BCUT2D eigenvalue weighted by Gasteiger charge is 2.22. The van der Waals surface area contributed by atoms with Crippen LogP contribution in [-0.2, 0) is 9.53 Å². The zero-order valence-corrected chi connectivity index (χ0v) is 14.6. The first-order chi connectivity index (χ1) is 12.9. The van der Waals surface area contributed by atoms with E-state index in [0.29, 0.717) is 17.1 Å². The van der Waals surface area contributed by atoms with E-state index in [1.54, 1.807) is 37.4 Å². The number of anilines is 1. The van der Waals surface area contributed by atoms with E-state index < -0.39 is 23.5 Å². The summed E-state index contributed by atoms with van der Waals surface area (Å²) in [4.78, 5) is 43.2. The van der Waals surface area contributed by atoms with Gasteiger partial charge in [-0.25, -0.2) is 4.79 Å². The Kier molecular flexibility index (Phi) is 5.11. The first-order valence-electron chi connectivity index (χ1n) is 8.04. The Morgan fingerprint density at radius 2 is 2.07 bits per heavy atom. The molecule has 1 atom stereocenters. The number of H-pyrrole nitrogens is 1. The fourth-order valence-electron chi connectivity index (χ4n) is 2.24. The van der Waals surface area contributed by atoms with E-state index in [-0.39, 0.29) is 11.4 Å². The molecule has 1 amide bonds. The van der Waals surface area contributed by atoms with Crippen LogP contribution in [0.3, 0.4) is 0 Å². The normalized spacial score (nSPS) is 11.6.